The lowest BCUT2D eigenvalue weighted by Gasteiger charge is -2.17. The van der Waals surface area contributed by atoms with E-state index in [1.807, 2.05) is 0 Å². The molecule has 1 fully saturated rings. The molecular weight excluding hydrogens is 317 g/mol. The van der Waals surface area contributed by atoms with Crippen molar-refractivity contribution in [2.24, 2.45) is 0 Å². The Hall–Kier alpha value is -1.77. The summed E-state index contributed by atoms with van der Waals surface area (Å²) in [6.45, 7) is 1.32. The standard InChI is InChI=1S/C13H13ClFN3O4/c1-6(19)21-4-7-2-9(20)13(22-7)18-3-8(15)10-11(14)16-5-17-12(10)18/h3,5,7,9,13,20H,2,4H2,1H3/t7-,9-,13+/m0/s1. The first-order valence-corrected chi connectivity index (χ1v) is 6.98. The van der Waals surface area contributed by atoms with Gasteiger partial charge in [0.25, 0.3) is 0 Å². The summed E-state index contributed by atoms with van der Waals surface area (Å²) in [5.41, 5.74) is 0.231. The van der Waals surface area contributed by atoms with Crippen molar-refractivity contribution >= 4 is 28.6 Å². The van der Waals surface area contributed by atoms with E-state index in [0.29, 0.717) is 0 Å². The third-order valence-electron chi connectivity index (χ3n) is 3.43. The molecule has 2 aromatic rings. The highest BCUT2D eigenvalue weighted by Gasteiger charge is 2.37. The number of ether oxygens (including phenoxy) is 2. The zero-order valence-corrected chi connectivity index (χ0v) is 12.3. The van der Waals surface area contributed by atoms with Gasteiger partial charge in [0.15, 0.2) is 12.0 Å². The first-order valence-electron chi connectivity index (χ1n) is 6.60. The van der Waals surface area contributed by atoms with E-state index in [1.165, 1.54) is 17.8 Å². The van der Waals surface area contributed by atoms with Gasteiger partial charge in [-0.15, -0.1) is 0 Å². The number of rotatable bonds is 3. The van der Waals surface area contributed by atoms with Crippen LogP contribution in [0.25, 0.3) is 11.0 Å². The SMILES string of the molecule is CC(=O)OC[C@@H]1C[C@H](O)[C@H](n2cc(F)c3c(Cl)ncnc32)O1. The largest absolute Gasteiger partial charge is 0.463 e. The molecule has 2 aromatic heterocycles. The Morgan fingerprint density at radius 2 is 2.41 bits per heavy atom. The molecule has 3 heterocycles. The predicted octanol–water partition coefficient (Wildman–Crippen LogP) is 1.44. The van der Waals surface area contributed by atoms with Gasteiger partial charge in [0.2, 0.25) is 0 Å². The molecule has 1 aliphatic heterocycles. The smallest absolute Gasteiger partial charge is 0.302 e. The minimum absolute atomic E-state index is 0.00907. The third kappa shape index (κ3) is 2.65. The van der Waals surface area contributed by atoms with E-state index >= 15 is 0 Å². The van der Waals surface area contributed by atoms with Gasteiger partial charge >= 0.3 is 5.97 Å². The predicted molar refractivity (Wildman–Crippen MR) is 73.7 cm³/mol. The molecule has 0 bridgehead atoms. The Labute approximate surface area is 129 Å². The van der Waals surface area contributed by atoms with Crippen molar-refractivity contribution in [1.82, 2.24) is 14.5 Å². The molecule has 0 unspecified atom stereocenters. The van der Waals surface area contributed by atoms with Crippen molar-refractivity contribution in [1.29, 1.82) is 0 Å². The van der Waals surface area contributed by atoms with Crippen LogP contribution in [0.3, 0.4) is 0 Å². The molecule has 0 spiro atoms. The summed E-state index contributed by atoms with van der Waals surface area (Å²) in [6, 6.07) is 0. The van der Waals surface area contributed by atoms with Gasteiger partial charge in [-0.3, -0.25) is 4.79 Å². The highest BCUT2D eigenvalue weighted by molar-refractivity contribution is 6.34. The van der Waals surface area contributed by atoms with Crippen LogP contribution in [0.15, 0.2) is 12.5 Å². The summed E-state index contributed by atoms with van der Waals surface area (Å²) in [6.07, 6.45) is 0.438. The number of carbonyl (C=O) groups is 1. The van der Waals surface area contributed by atoms with Gasteiger partial charge in [0.1, 0.15) is 29.8 Å². The van der Waals surface area contributed by atoms with Crippen LogP contribution in [-0.2, 0) is 14.3 Å². The normalized spacial score (nSPS) is 24.8. The fourth-order valence-corrected chi connectivity index (χ4v) is 2.71. The molecule has 0 saturated carbocycles. The van der Waals surface area contributed by atoms with Crippen LogP contribution in [0.4, 0.5) is 4.39 Å². The molecule has 118 valence electrons. The molecule has 3 rings (SSSR count). The fourth-order valence-electron chi connectivity index (χ4n) is 2.50. The van der Waals surface area contributed by atoms with E-state index in [-0.39, 0.29) is 29.2 Å². The molecule has 7 nitrogen and oxygen atoms in total. The summed E-state index contributed by atoms with van der Waals surface area (Å²) >= 11 is 5.87. The fraction of sp³-hybridized carbons (Fsp3) is 0.462. The molecule has 0 aromatic carbocycles. The Balaban J connectivity index is 1.88. The topological polar surface area (TPSA) is 86.5 Å². The van der Waals surface area contributed by atoms with E-state index in [1.54, 1.807) is 0 Å². The first kappa shape index (κ1) is 15.1. The van der Waals surface area contributed by atoms with Gasteiger partial charge < -0.3 is 19.1 Å². The van der Waals surface area contributed by atoms with Crippen LogP contribution < -0.4 is 0 Å². The second-order valence-electron chi connectivity index (χ2n) is 5.00. The first-order chi connectivity index (χ1) is 10.5. The molecule has 1 N–H and O–H groups in total. The zero-order chi connectivity index (χ0) is 15.9. The maximum Gasteiger partial charge on any atom is 0.302 e. The molecule has 3 atom stereocenters. The number of fused-ring (bicyclic) bond motifs is 1. The highest BCUT2D eigenvalue weighted by Crippen LogP contribution is 2.34. The maximum atomic E-state index is 14.0. The molecule has 1 saturated heterocycles. The summed E-state index contributed by atoms with van der Waals surface area (Å²) in [5.74, 6) is -1.03. The molecular formula is C13H13ClFN3O4. The number of hydrogen-bond donors (Lipinski definition) is 1. The number of aliphatic hydroxyl groups is 1. The summed E-state index contributed by atoms with van der Waals surface area (Å²) in [5, 5.41) is 10.2. The Bertz CT molecular complexity index is 723. The van der Waals surface area contributed by atoms with Crippen molar-refractivity contribution < 1.29 is 23.8 Å². The van der Waals surface area contributed by atoms with Crippen LogP contribution in [0, 0.1) is 5.82 Å². The number of esters is 1. The van der Waals surface area contributed by atoms with E-state index in [9.17, 15) is 14.3 Å². The van der Waals surface area contributed by atoms with Crippen molar-refractivity contribution in [3.05, 3.63) is 23.5 Å². The minimum Gasteiger partial charge on any atom is -0.463 e. The Morgan fingerprint density at radius 1 is 1.64 bits per heavy atom. The second kappa shape index (κ2) is 5.79. The van der Waals surface area contributed by atoms with Gasteiger partial charge in [-0.2, -0.15) is 0 Å². The number of hydrogen-bond acceptors (Lipinski definition) is 6. The van der Waals surface area contributed by atoms with Crippen molar-refractivity contribution in [2.45, 2.75) is 31.8 Å². The number of aliphatic hydroxyl groups excluding tert-OH is 1. The lowest BCUT2D eigenvalue weighted by Crippen LogP contribution is -2.19. The number of aromatic nitrogens is 3. The molecule has 1 aliphatic rings. The van der Waals surface area contributed by atoms with Crippen molar-refractivity contribution in [2.75, 3.05) is 6.61 Å². The summed E-state index contributed by atoms with van der Waals surface area (Å²) in [4.78, 5) is 18.5. The Kier molecular flexibility index (Phi) is 3.98. The summed E-state index contributed by atoms with van der Waals surface area (Å²) < 4.78 is 25.9. The van der Waals surface area contributed by atoms with Crippen LogP contribution >= 0.6 is 11.6 Å². The van der Waals surface area contributed by atoms with Gasteiger partial charge in [0, 0.05) is 19.5 Å². The monoisotopic (exact) mass is 329 g/mol. The van der Waals surface area contributed by atoms with E-state index in [2.05, 4.69) is 9.97 Å². The molecule has 0 radical (unpaired) electrons. The summed E-state index contributed by atoms with van der Waals surface area (Å²) in [7, 11) is 0. The van der Waals surface area contributed by atoms with Crippen LogP contribution in [0.1, 0.15) is 19.6 Å². The second-order valence-corrected chi connectivity index (χ2v) is 5.36. The molecule has 9 heteroatoms. The lowest BCUT2D eigenvalue weighted by molar-refractivity contribution is -0.145. The Morgan fingerprint density at radius 3 is 3.14 bits per heavy atom. The van der Waals surface area contributed by atoms with Gasteiger partial charge in [-0.25, -0.2) is 14.4 Å². The number of halogens is 2. The van der Waals surface area contributed by atoms with Crippen LogP contribution in [0.2, 0.25) is 5.15 Å². The van der Waals surface area contributed by atoms with E-state index in [0.717, 1.165) is 6.20 Å². The highest BCUT2D eigenvalue weighted by atomic mass is 35.5. The van der Waals surface area contributed by atoms with Gasteiger partial charge in [0.05, 0.1) is 11.5 Å². The molecule has 22 heavy (non-hydrogen) atoms. The number of carbonyl (C=O) groups excluding carboxylic acids is 1. The minimum atomic E-state index is -0.885. The van der Waals surface area contributed by atoms with E-state index in [4.69, 9.17) is 21.1 Å². The molecule has 0 aliphatic carbocycles. The number of nitrogens with zero attached hydrogens (tertiary/aromatic N) is 3. The van der Waals surface area contributed by atoms with Crippen LogP contribution in [-0.4, -0.2) is 44.4 Å². The average molecular weight is 330 g/mol. The maximum absolute atomic E-state index is 14.0. The average Bonchev–Trinajstić information content (AvgIpc) is 2.98. The quantitative estimate of drug-likeness (QED) is 0.677. The van der Waals surface area contributed by atoms with Gasteiger partial charge in [-0.05, 0) is 0 Å². The lowest BCUT2D eigenvalue weighted by atomic mass is 10.2. The van der Waals surface area contributed by atoms with E-state index < -0.39 is 30.2 Å². The van der Waals surface area contributed by atoms with Crippen LogP contribution in [0.5, 0.6) is 0 Å². The van der Waals surface area contributed by atoms with Crippen molar-refractivity contribution in [3.63, 3.8) is 0 Å². The molecule has 0 amide bonds. The van der Waals surface area contributed by atoms with Gasteiger partial charge in [-0.1, -0.05) is 11.6 Å². The van der Waals surface area contributed by atoms with Crippen molar-refractivity contribution in [3.8, 4) is 0 Å². The third-order valence-corrected chi connectivity index (χ3v) is 3.72. The zero-order valence-electron chi connectivity index (χ0n) is 11.6.